The molecule has 154 valence electrons. The molecule has 0 aromatic heterocycles. The van der Waals surface area contributed by atoms with E-state index in [1.807, 2.05) is 14.0 Å². The van der Waals surface area contributed by atoms with Crippen LogP contribution in [-0.2, 0) is 17.3 Å². The van der Waals surface area contributed by atoms with Gasteiger partial charge in [0.1, 0.15) is 0 Å². The molecule has 5 nitrogen and oxygen atoms in total. The molecule has 0 saturated heterocycles. The number of rotatable bonds is 6. The van der Waals surface area contributed by atoms with E-state index < -0.39 is 10.8 Å². The molecule has 0 spiro atoms. The number of benzene rings is 1. The van der Waals surface area contributed by atoms with Gasteiger partial charge in [-0.2, -0.15) is 0 Å². The van der Waals surface area contributed by atoms with Crippen molar-refractivity contribution in [2.45, 2.75) is 57.4 Å². The van der Waals surface area contributed by atoms with Crippen molar-refractivity contribution in [3.63, 3.8) is 0 Å². The van der Waals surface area contributed by atoms with E-state index in [9.17, 15) is 4.21 Å². The van der Waals surface area contributed by atoms with Gasteiger partial charge in [0.2, 0.25) is 0 Å². The number of aliphatic imine (C=N–C) groups is 1. The van der Waals surface area contributed by atoms with Crippen LogP contribution in [0.2, 0.25) is 0 Å². The predicted molar refractivity (Wildman–Crippen MR) is 129 cm³/mol. The number of guanidine groups is 1. The fraction of sp³-hybridized carbons (Fsp3) is 0.650. The van der Waals surface area contributed by atoms with Gasteiger partial charge in [0.15, 0.2) is 5.96 Å². The summed E-state index contributed by atoms with van der Waals surface area (Å²) >= 11 is 0. The Bertz CT molecular complexity index is 651. The van der Waals surface area contributed by atoms with Crippen LogP contribution < -0.4 is 15.5 Å². The van der Waals surface area contributed by atoms with Crippen LogP contribution in [-0.4, -0.2) is 48.4 Å². The SMILES string of the molecule is CCS(=O)C1CCCC(NC(=NC)NCc2ccc(C)cc2N(C)C)C1.I. The number of hydrogen-bond donors (Lipinski definition) is 2. The lowest BCUT2D eigenvalue weighted by Crippen LogP contribution is -2.46. The Labute approximate surface area is 184 Å². The Morgan fingerprint density at radius 2 is 2.07 bits per heavy atom. The van der Waals surface area contributed by atoms with E-state index >= 15 is 0 Å². The molecule has 0 radical (unpaired) electrons. The summed E-state index contributed by atoms with van der Waals surface area (Å²) in [6.07, 6.45) is 4.30. The second-order valence-corrected chi connectivity index (χ2v) is 9.26. The highest BCUT2D eigenvalue weighted by molar-refractivity contribution is 14.0. The number of anilines is 1. The minimum atomic E-state index is -0.701. The van der Waals surface area contributed by atoms with Crippen LogP contribution in [0, 0.1) is 6.92 Å². The van der Waals surface area contributed by atoms with Gasteiger partial charge >= 0.3 is 0 Å². The van der Waals surface area contributed by atoms with E-state index in [-0.39, 0.29) is 24.0 Å². The molecule has 2 N–H and O–H groups in total. The van der Waals surface area contributed by atoms with Crippen LogP contribution in [0.5, 0.6) is 0 Å². The molecule has 27 heavy (non-hydrogen) atoms. The zero-order valence-corrected chi connectivity index (χ0v) is 20.4. The minimum Gasteiger partial charge on any atom is -0.377 e. The molecular weight excluding hydrogens is 471 g/mol. The smallest absolute Gasteiger partial charge is 0.191 e. The summed E-state index contributed by atoms with van der Waals surface area (Å²) in [5.41, 5.74) is 3.73. The van der Waals surface area contributed by atoms with Crippen molar-refractivity contribution in [2.75, 3.05) is 31.8 Å². The molecule has 1 fully saturated rings. The van der Waals surface area contributed by atoms with E-state index in [4.69, 9.17) is 0 Å². The van der Waals surface area contributed by atoms with Gasteiger partial charge in [-0.3, -0.25) is 9.20 Å². The number of nitrogens with zero attached hydrogens (tertiary/aromatic N) is 2. The van der Waals surface area contributed by atoms with Crippen LogP contribution in [0.1, 0.15) is 43.7 Å². The first-order valence-electron chi connectivity index (χ1n) is 9.55. The summed E-state index contributed by atoms with van der Waals surface area (Å²) in [5.74, 6) is 1.58. The normalized spacial score (nSPS) is 21.1. The molecule has 3 atom stereocenters. The van der Waals surface area contributed by atoms with E-state index in [0.717, 1.165) is 43.9 Å². The molecule has 1 aliphatic rings. The van der Waals surface area contributed by atoms with Gasteiger partial charge in [0, 0.05) is 61.2 Å². The molecule has 0 bridgehead atoms. The van der Waals surface area contributed by atoms with Crippen molar-refractivity contribution < 1.29 is 4.21 Å². The zero-order valence-electron chi connectivity index (χ0n) is 17.2. The molecule has 1 aliphatic carbocycles. The van der Waals surface area contributed by atoms with Gasteiger partial charge in [-0.1, -0.05) is 25.5 Å². The topological polar surface area (TPSA) is 56.7 Å². The van der Waals surface area contributed by atoms with Crippen molar-refractivity contribution >= 4 is 46.4 Å². The Kier molecular flexibility index (Phi) is 10.7. The first-order chi connectivity index (χ1) is 12.4. The highest BCUT2D eigenvalue weighted by Gasteiger charge is 2.26. The van der Waals surface area contributed by atoms with Crippen LogP contribution >= 0.6 is 24.0 Å². The first kappa shape index (κ1) is 24.2. The molecular formula is C20H35IN4OS. The third-order valence-corrected chi connectivity index (χ3v) is 6.76. The summed E-state index contributed by atoms with van der Waals surface area (Å²) in [4.78, 5) is 6.53. The van der Waals surface area contributed by atoms with E-state index in [2.05, 4.69) is 59.7 Å². The maximum Gasteiger partial charge on any atom is 0.191 e. The van der Waals surface area contributed by atoms with Gasteiger partial charge in [0.25, 0.3) is 0 Å². The van der Waals surface area contributed by atoms with Crippen LogP contribution in [0.25, 0.3) is 0 Å². The average Bonchev–Trinajstić information content (AvgIpc) is 2.65. The van der Waals surface area contributed by atoms with Gasteiger partial charge in [-0.05, 0) is 43.4 Å². The molecule has 1 aromatic rings. The molecule has 0 amide bonds. The Balaban J connectivity index is 0.00000364. The number of aryl methyl sites for hydroxylation is 1. The molecule has 0 aliphatic heterocycles. The molecule has 1 aromatic carbocycles. The highest BCUT2D eigenvalue weighted by atomic mass is 127. The standard InChI is InChI=1S/C20H34N4OS.HI/c1-6-26(25)18-9-7-8-17(13-18)23-20(21-3)22-14-16-11-10-15(2)12-19(16)24(4)5;/h10-12,17-18H,6-9,13-14H2,1-5H3,(H2,21,22,23);1H. The maximum atomic E-state index is 12.1. The largest absolute Gasteiger partial charge is 0.377 e. The number of hydrogen-bond acceptors (Lipinski definition) is 3. The Morgan fingerprint density at radius 1 is 1.33 bits per heavy atom. The minimum absolute atomic E-state index is 0. The Morgan fingerprint density at radius 3 is 2.70 bits per heavy atom. The van der Waals surface area contributed by atoms with Crippen molar-refractivity contribution in [3.8, 4) is 0 Å². The van der Waals surface area contributed by atoms with E-state index in [1.54, 1.807) is 0 Å². The third kappa shape index (κ3) is 7.25. The summed E-state index contributed by atoms with van der Waals surface area (Å²) < 4.78 is 12.1. The van der Waals surface area contributed by atoms with Crippen molar-refractivity contribution in [2.24, 2.45) is 4.99 Å². The lowest BCUT2D eigenvalue weighted by molar-refractivity contribution is 0.413. The van der Waals surface area contributed by atoms with Gasteiger partial charge in [-0.25, -0.2) is 0 Å². The second-order valence-electron chi connectivity index (χ2n) is 7.25. The van der Waals surface area contributed by atoms with Crippen molar-refractivity contribution in [1.82, 2.24) is 10.6 Å². The van der Waals surface area contributed by atoms with Crippen LogP contribution in [0.4, 0.5) is 5.69 Å². The summed E-state index contributed by atoms with van der Waals surface area (Å²) in [6, 6.07) is 6.87. The molecule has 2 rings (SSSR count). The number of nitrogens with one attached hydrogen (secondary N) is 2. The average molecular weight is 506 g/mol. The maximum absolute atomic E-state index is 12.1. The quantitative estimate of drug-likeness (QED) is 0.353. The predicted octanol–water partition coefficient (Wildman–Crippen LogP) is 3.42. The van der Waals surface area contributed by atoms with E-state index in [1.165, 1.54) is 16.8 Å². The fourth-order valence-corrected chi connectivity index (χ4v) is 4.91. The fourth-order valence-electron chi connectivity index (χ4n) is 3.56. The highest BCUT2D eigenvalue weighted by Crippen LogP contribution is 2.23. The molecule has 1 saturated carbocycles. The zero-order chi connectivity index (χ0) is 19.1. The summed E-state index contributed by atoms with van der Waals surface area (Å²) in [7, 11) is 5.25. The van der Waals surface area contributed by atoms with Gasteiger partial charge in [0.05, 0.1) is 0 Å². The third-order valence-electron chi connectivity index (χ3n) is 5.02. The van der Waals surface area contributed by atoms with Crippen LogP contribution in [0.3, 0.4) is 0 Å². The number of halogens is 1. The summed E-state index contributed by atoms with van der Waals surface area (Å²) in [6.45, 7) is 4.85. The van der Waals surface area contributed by atoms with E-state index in [0.29, 0.717) is 11.3 Å². The molecule has 0 heterocycles. The lowest BCUT2D eigenvalue weighted by Gasteiger charge is -2.30. The Hall–Kier alpha value is -0.830. The van der Waals surface area contributed by atoms with Crippen molar-refractivity contribution in [1.29, 1.82) is 0 Å². The first-order valence-corrected chi connectivity index (χ1v) is 10.9. The van der Waals surface area contributed by atoms with Gasteiger partial charge in [-0.15, -0.1) is 24.0 Å². The van der Waals surface area contributed by atoms with Crippen LogP contribution in [0.15, 0.2) is 23.2 Å². The molecule has 3 unspecified atom stereocenters. The summed E-state index contributed by atoms with van der Waals surface area (Å²) in [5, 5.41) is 7.30. The van der Waals surface area contributed by atoms with Gasteiger partial charge < -0.3 is 15.5 Å². The monoisotopic (exact) mass is 506 g/mol. The second kappa shape index (κ2) is 11.9. The lowest BCUT2D eigenvalue weighted by atomic mass is 9.95. The molecule has 7 heteroatoms. The van der Waals surface area contributed by atoms with Crippen molar-refractivity contribution in [3.05, 3.63) is 29.3 Å².